The minimum absolute atomic E-state index is 0.205. The highest BCUT2D eigenvalue weighted by Gasteiger charge is 2.44. The lowest BCUT2D eigenvalue weighted by Gasteiger charge is -2.41. The Morgan fingerprint density at radius 3 is 1.77 bits per heavy atom. The molecule has 0 unspecified atom stereocenters. The molecule has 5 rings (SSSR count). The summed E-state index contributed by atoms with van der Waals surface area (Å²) in [6.45, 7) is 1.66. The largest absolute Gasteiger partial charge is 0.382 e. The first-order valence-electron chi connectivity index (χ1n) is 11.9. The van der Waals surface area contributed by atoms with Crippen molar-refractivity contribution >= 4 is 0 Å². The molecule has 1 aliphatic heterocycles. The van der Waals surface area contributed by atoms with Crippen molar-refractivity contribution < 1.29 is 19.3 Å². The van der Waals surface area contributed by atoms with E-state index in [4.69, 9.17) is 14.2 Å². The van der Waals surface area contributed by atoms with Gasteiger partial charge in [-0.1, -0.05) is 91.0 Å². The molecule has 0 aliphatic carbocycles. The summed E-state index contributed by atoms with van der Waals surface area (Å²) in [5, 5.41) is 11.2. The van der Waals surface area contributed by atoms with Crippen molar-refractivity contribution in [3.05, 3.63) is 126 Å². The van der Waals surface area contributed by atoms with Gasteiger partial charge < -0.3 is 23.9 Å². The first kappa shape index (κ1) is 23.5. The Kier molecular flexibility index (Phi) is 7.66. The van der Waals surface area contributed by atoms with Gasteiger partial charge in [0.1, 0.15) is 24.1 Å². The Balaban J connectivity index is 1.38. The molecule has 6 nitrogen and oxygen atoms in total. The predicted molar refractivity (Wildman–Crippen MR) is 132 cm³/mol. The van der Waals surface area contributed by atoms with Gasteiger partial charge in [0, 0.05) is 12.4 Å². The van der Waals surface area contributed by atoms with Crippen molar-refractivity contribution in [3.63, 3.8) is 0 Å². The normalized spacial score (nSPS) is 21.5. The number of hydrogen-bond acceptors (Lipinski definition) is 5. The van der Waals surface area contributed by atoms with Crippen molar-refractivity contribution in [2.45, 2.75) is 44.2 Å². The summed E-state index contributed by atoms with van der Waals surface area (Å²) in [6.07, 6.45) is 1.63. The fraction of sp³-hybridized carbons (Fsp3) is 0.276. The number of aromatic nitrogens is 2. The molecular formula is C29H30N2O4. The van der Waals surface area contributed by atoms with Gasteiger partial charge in [0.2, 0.25) is 0 Å². The van der Waals surface area contributed by atoms with E-state index in [9.17, 15) is 5.11 Å². The van der Waals surface area contributed by atoms with Crippen LogP contribution in [0.3, 0.4) is 0 Å². The smallest absolute Gasteiger partial charge is 0.140 e. The first-order valence-corrected chi connectivity index (χ1v) is 11.9. The third-order valence-corrected chi connectivity index (χ3v) is 6.31. The summed E-state index contributed by atoms with van der Waals surface area (Å²) >= 11 is 0. The molecule has 3 aromatic carbocycles. The quantitative estimate of drug-likeness (QED) is 0.359. The zero-order valence-corrected chi connectivity index (χ0v) is 19.5. The molecule has 0 radical (unpaired) electrons. The molecule has 2 heterocycles. The Hall–Kier alpha value is -3.29. The van der Waals surface area contributed by atoms with Crippen LogP contribution in [0.15, 0.2) is 103 Å². The van der Waals surface area contributed by atoms with Crippen molar-refractivity contribution in [1.82, 2.24) is 9.55 Å². The Morgan fingerprint density at radius 1 is 0.686 bits per heavy atom. The van der Waals surface area contributed by atoms with E-state index in [2.05, 4.69) is 4.98 Å². The minimum atomic E-state index is -0.917. The van der Waals surface area contributed by atoms with Crippen LogP contribution in [0.1, 0.15) is 34.7 Å². The second kappa shape index (κ2) is 11.4. The lowest BCUT2D eigenvalue weighted by Crippen LogP contribution is -2.49. The van der Waals surface area contributed by atoms with Crippen molar-refractivity contribution in [1.29, 1.82) is 0 Å². The number of fused-ring (bicyclic) bond motifs is 1. The van der Waals surface area contributed by atoms with Gasteiger partial charge in [-0.3, -0.25) is 0 Å². The van der Waals surface area contributed by atoms with Crippen LogP contribution in [0.4, 0.5) is 0 Å². The Morgan fingerprint density at radius 2 is 1.20 bits per heavy atom. The molecular weight excluding hydrogens is 440 g/mol. The number of aliphatic hydroxyl groups is 1. The van der Waals surface area contributed by atoms with Gasteiger partial charge in [-0.2, -0.15) is 0 Å². The van der Waals surface area contributed by atoms with Crippen molar-refractivity contribution in [3.8, 4) is 0 Å². The molecule has 4 atom stereocenters. The average Bonchev–Trinajstić information content (AvgIpc) is 3.40. The number of benzene rings is 3. The van der Waals surface area contributed by atoms with E-state index >= 15 is 0 Å². The van der Waals surface area contributed by atoms with E-state index in [0.717, 1.165) is 16.7 Å². The zero-order valence-electron chi connectivity index (χ0n) is 19.5. The van der Waals surface area contributed by atoms with E-state index in [-0.39, 0.29) is 6.04 Å². The predicted octanol–water partition coefficient (Wildman–Crippen LogP) is 4.86. The number of imidazole rings is 1. The van der Waals surface area contributed by atoms with Crippen LogP contribution in [0, 0.1) is 0 Å². The second-order valence-corrected chi connectivity index (χ2v) is 8.73. The standard InChI is InChI=1S/C29H30N2O4/c32-26-28(35-20-24-14-8-3-9-15-24)27(34-19-23-12-6-2-7-13-23)25(31-17-16-30-29(26)31)21-33-18-22-10-4-1-5-11-22/h1-17,25-28,32H,18-21H2/t25-,26-,27+,28-/m1/s1. The summed E-state index contributed by atoms with van der Waals surface area (Å²) < 4.78 is 20.9. The highest BCUT2D eigenvalue weighted by atomic mass is 16.6. The Bertz CT molecular complexity index is 1170. The topological polar surface area (TPSA) is 65.7 Å². The van der Waals surface area contributed by atoms with Crippen molar-refractivity contribution in [2.24, 2.45) is 0 Å². The molecule has 4 aromatic rings. The monoisotopic (exact) mass is 470 g/mol. The van der Waals surface area contributed by atoms with Gasteiger partial charge in [0.15, 0.2) is 0 Å². The molecule has 180 valence electrons. The highest BCUT2D eigenvalue weighted by Crippen LogP contribution is 2.36. The molecule has 1 aliphatic rings. The van der Waals surface area contributed by atoms with E-state index in [1.54, 1.807) is 6.20 Å². The molecule has 0 saturated carbocycles. The summed E-state index contributed by atoms with van der Waals surface area (Å²) in [6, 6.07) is 29.9. The highest BCUT2D eigenvalue weighted by molar-refractivity contribution is 5.16. The van der Waals surface area contributed by atoms with Gasteiger partial charge >= 0.3 is 0 Å². The van der Waals surface area contributed by atoms with Gasteiger partial charge in [0.25, 0.3) is 0 Å². The third kappa shape index (κ3) is 5.69. The molecule has 1 N–H and O–H groups in total. The maximum Gasteiger partial charge on any atom is 0.140 e. The first-order chi connectivity index (χ1) is 17.3. The summed E-state index contributed by atoms with van der Waals surface area (Å²) in [5.74, 6) is 0.566. The summed E-state index contributed by atoms with van der Waals surface area (Å²) in [7, 11) is 0. The van der Waals surface area contributed by atoms with Gasteiger partial charge in [-0.15, -0.1) is 0 Å². The number of hydrogen-bond donors (Lipinski definition) is 1. The van der Waals surface area contributed by atoms with Crippen LogP contribution in [0.2, 0.25) is 0 Å². The SMILES string of the molecule is O[C@H]1c2nccn2[C@H](COCc2ccccc2)[C@H](OCc2ccccc2)[C@@H]1OCc1ccccc1. The fourth-order valence-corrected chi connectivity index (χ4v) is 4.51. The number of nitrogens with zero attached hydrogens (tertiary/aromatic N) is 2. The van der Waals surface area contributed by atoms with Gasteiger partial charge in [-0.05, 0) is 16.7 Å². The molecule has 0 spiro atoms. The molecule has 0 fully saturated rings. The van der Waals surface area contributed by atoms with Crippen LogP contribution in [0.25, 0.3) is 0 Å². The van der Waals surface area contributed by atoms with Crippen LogP contribution in [0.5, 0.6) is 0 Å². The number of ether oxygens (including phenoxy) is 3. The molecule has 35 heavy (non-hydrogen) atoms. The van der Waals surface area contributed by atoms with Crippen LogP contribution < -0.4 is 0 Å². The number of aliphatic hydroxyl groups excluding tert-OH is 1. The Labute approximate surface area is 205 Å². The molecule has 6 heteroatoms. The van der Waals surface area contributed by atoms with Crippen molar-refractivity contribution in [2.75, 3.05) is 6.61 Å². The second-order valence-electron chi connectivity index (χ2n) is 8.73. The van der Waals surface area contributed by atoms with E-state index in [1.165, 1.54) is 0 Å². The van der Waals surface area contributed by atoms with Gasteiger partial charge in [0.05, 0.1) is 32.5 Å². The summed E-state index contributed by atoms with van der Waals surface area (Å²) in [5.41, 5.74) is 3.20. The fourth-order valence-electron chi connectivity index (χ4n) is 4.51. The van der Waals surface area contributed by atoms with Crippen LogP contribution in [-0.2, 0) is 34.0 Å². The lowest BCUT2D eigenvalue weighted by atomic mass is 9.95. The van der Waals surface area contributed by atoms with E-state index < -0.39 is 18.3 Å². The molecule has 0 amide bonds. The zero-order chi connectivity index (χ0) is 23.9. The minimum Gasteiger partial charge on any atom is -0.382 e. The van der Waals surface area contributed by atoms with Crippen LogP contribution in [-0.4, -0.2) is 33.5 Å². The van der Waals surface area contributed by atoms with E-state index in [1.807, 2.05) is 102 Å². The molecule has 1 aromatic heterocycles. The molecule has 0 saturated heterocycles. The third-order valence-electron chi connectivity index (χ3n) is 6.31. The maximum absolute atomic E-state index is 11.2. The molecule has 0 bridgehead atoms. The van der Waals surface area contributed by atoms with E-state index in [0.29, 0.717) is 32.3 Å². The number of rotatable bonds is 10. The van der Waals surface area contributed by atoms with Gasteiger partial charge in [-0.25, -0.2) is 4.98 Å². The summed E-state index contributed by atoms with van der Waals surface area (Å²) in [4.78, 5) is 4.43. The lowest BCUT2D eigenvalue weighted by molar-refractivity contribution is -0.172. The van der Waals surface area contributed by atoms with Crippen LogP contribution >= 0.6 is 0 Å². The maximum atomic E-state index is 11.2. The average molecular weight is 471 g/mol.